The van der Waals surface area contributed by atoms with Gasteiger partial charge in [-0.05, 0) is 55.7 Å². The lowest BCUT2D eigenvalue weighted by Crippen LogP contribution is -2.51. The Morgan fingerprint density at radius 3 is 2.50 bits per heavy atom. The summed E-state index contributed by atoms with van der Waals surface area (Å²) in [5.74, 6) is -0.780. The molecule has 1 aliphatic carbocycles. The predicted octanol–water partition coefficient (Wildman–Crippen LogP) is 2.49. The highest BCUT2D eigenvalue weighted by Gasteiger charge is 2.48. The number of para-hydroxylation sites is 1. The van der Waals surface area contributed by atoms with Crippen molar-refractivity contribution >= 4 is 44.9 Å². The Morgan fingerprint density at radius 1 is 1.16 bits per heavy atom. The van der Waals surface area contributed by atoms with Crippen LogP contribution in [0.1, 0.15) is 44.2 Å². The number of carbonyl (C=O) groups excluding carboxylic acids is 3. The number of nitrogens with one attached hydrogen (secondary N) is 4. The first-order valence-corrected chi connectivity index (χ1v) is 12.7. The van der Waals surface area contributed by atoms with Gasteiger partial charge < -0.3 is 10.6 Å². The van der Waals surface area contributed by atoms with Crippen molar-refractivity contribution < 1.29 is 22.8 Å². The molecule has 2 aromatic rings. The van der Waals surface area contributed by atoms with E-state index < -0.39 is 27.6 Å². The van der Waals surface area contributed by atoms with Crippen molar-refractivity contribution in [2.24, 2.45) is 5.92 Å². The van der Waals surface area contributed by atoms with Gasteiger partial charge in [-0.15, -0.1) is 11.3 Å². The van der Waals surface area contributed by atoms with E-state index in [1.54, 1.807) is 42.6 Å². The summed E-state index contributed by atoms with van der Waals surface area (Å²) >= 11 is 1.13. The van der Waals surface area contributed by atoms with Crippen molar-refractivity contribution in [1.29, 1.82) is 0 Å². The molecule has 9 nitrogen and oxygen atoms in total. The maximum atomic E-state index is 12.9. The summed E-state index contributed by atoms with van der Waals surface area (Å²) in [5, 5.41) is 9.61. The van der Waals surface area contributed by atoms with Crippen LogP contribution in [-0.2, 0) is 19.6 Å². The first-order chi connectivity index (χ1) is 15.2. The average Bonchev–Trinajstić information content (AvgIpc) is 3.38. The molecule has 0 radical (unpaired) electrons. The fourth-order valence-electron chi connectivity index (χ4n) is 4.24. The smallest absolute Gasteiger partial charge is 0.322 e. The number of sulfonamides is 1. The van der Waals surface area contributed by atoms with E-state index in [-0.39, 0.29) is 21.9 Å². The summed E-state index contributed by atoms with van der Waals surface area (Å²) in [6.45, 7) is 1.80. The van der Waals surface area contributed by atoms with Gasteiger partial charge in [-0.2, -0.15) is 0 Å². The van der Waals surface area contributed by atoms with Crippen molar-refractivity contribution in [3.05, 3.63) is 47.3 Å². The molecule has 1 saturated heterocycles. The second-order valence-corrected chi connectivity index (χ2v) is 11.0. The first-order valence-electron chi connectivity index (χ1n) is 10.3. The maximum Gasteiger partial charge on any atom is 0.322 e. The molecule has 4 amide bonds. The lowest BCUT2D eigenvalue weighted by Gasteiger charge is -2.34. The van der Waals surface area contributed by atoms with Gasteiger partial charge in [0.1, 0.15) is 9.75 Å². The Hall–Kier alpha value is -2.92. The lowest BCUT2D eigenvalue weighted by atomic mass is 9.76. The zero-order valence-electron chi connectivity index (χ0n) is 17.4. The van der Waals surface area contributed by atoms with Crippen molar-refractivity contribution in [1.82, 2.24) is 16.0 Å². The van der Waals surface area contributed by atoms with Gasteiger partial charge in [0.25, 0.3) is 15.9 Å². The minimum atomic E-state index is -3.71. The Labute approximate surface area is 190 Å². The lowest BCUT2D eigenvalue weighted by molar-refractivity contribution is -0.130. The standard InChI is InChI=1S/C21H24N4O5S2/c1-13(15-5-2-3-6-16(15)25-32(29,30)17-7-4-12-31-17)22-18(26)14-8-10-21(11-9-14)19(27)23-20(28)24-21/h2-7,12-14,25H,8-11H2,1H3,(H,22,26)(H2,23,24,27,28). The third-order valence-electron chi connectivity index (χ3n) is 6.01. The highest BCUT2D eigenvalue weighted by atomic mass is 32.2. The summed E-state index contributed by atoms with van der Waals surface area (Å²) < 4.78 is 28.1. The Kier molecular flexibility index (Phi) is 5.95. The van der Waals surface area contributed by atoms with Crippen LogP contribution in [0.2, 0.25) is 0 Å². The summed E-state index contributed by atoms with van der Waals surface area (Å²) in [4.78, 5) is 36.4. The van der Waals surface area contributed by atoms with E-state index in [1.165, 1.54) is 6.07 Å². The van der Waals surface area contributed by atoms with Gasteiger partial charge in [0.05, 0.1) is 11.7 Å². The third-order valence-corrected chi connectivity index (χ3v) is 8.78. The molecule has 4 N–H and O–H groups in total. The Morgan fingerprint density at radius 2 is 1.88 bits per heavy atom. The fourth-order valence-corrected chi connectivity index (χ4v) is 6.32. The van der Waals surface area contributed by atoms with Crippen LogP contribution in [0, 0.1) is 5.92 Å². The van der Waals surface area contributed by atoms with Crippen LogP contribution in [0.25, 0.3) is 0 Å². The number of carbonyl (C=O) groups is 3. The maximum absolute atomic E-state index is 12.9. The topological polar surface area (TPSA) is 133 Å². The van der Waals surface area contributed by atoms with E-state index in [0.717, 1.165) is 11.3 Å². The number of amides is 4. The van der Waals surface area contributed by atoms with Gasteiger partial charge >= 0.3 is 6.03 Å². The molecule has 1 spiro atoms. The van der Waals surface area contributed by atoms with E-state index in [2.05, 4.69) is 20.7 Å². The van der Waals surface area contributed by atoms with Crippen LogP contribution in [0.4, 0.5) is 10.5 Å². The number of thiophene rings is 1. The third kappa shape index (κ3) is 4.35. The number of benzene rings is 1. The van der Waals surface area contributed by atoms with Gasteiger partial charge in [-0.3, -0.25) is 19.6 Å². The first kappa shape index (κ1) is 22.3. The number of urea groups is 1. The Balaban J connectivity index is 1.41. The normalized spacial score (nSPS) is 24.0. The summed E-state index contributed by atoms with van der Waals surface area (Å²) in [6, 6.07) is 9.22. The molecule has 2 heterocycles. The van der Waals surface area contributed by atoms with Crippen LogP contribution in [0.15, 0.2) is 46.0 Å². The largest absolute Gasteiger partial charge is 0.349 e. The molecule has 2 fully saturated rings. The molecular formula is C21H24N4O5S2. The van der Waals surface area contributed by atoms with Gasteiger partial charge in [0, 0.05) is 5.92 Å². The summed E-state index contributed by atoms with van der Waals surface area (Å²) in [6.07, 6.45) is 1.74. The molecular weight excluding hydrogens is 452 g/mol. The van der Waals surface area contributed by atoms with Gasteiger partial charge in [-0.1, -0.05) is 24.3 Å². The Bertz CT molecular complexity index is 1140. The van der Waals surface area contributed by atoms with Crippen LogP contribution >= 0.6 is 11.3 Å². The van der Waals surface area contributed by atoms with E-state index >= 15 is 0 Å². The molecule has 1 saturated carbocycles. The van der Waals surface area contributed by atoms with Gasteiger partial charge in [0.2, 0.25) is 5.91 Å². The zero-order chi connectivity index (χ0) is 22.9. The number of rotatable bonds is 6. The van der Waals surface area contributed by atoms with E-state index in [0.29, 0.717) is 36.9 Å². The number of anilines is 1. The molecule has 1 atom stereocenters. The molecule has 1 aromatic carbocycles. The average molecular weight is 477 g/mol. The van der Waals surface area contributed by atoms with E-state index in [9.17, 15) is 22.8 Å². The molecule has 170 valence electrons. The molecule has 1 unspecified atom stereocenters. The fraction of sp³-hybridized carbons (Fsp3) is 0.381. The highest BCUT2D eigenvalue weighted by molar-refractivity contribution is 7.94. The molecule has 1 aromatic heterocycles. The summed E-state index contributed by atoms with van der Waals surface area (Å²) in [7, 11) is -3.71. The van der Waals surface area contributed by atoms with Crippen LogP contribution in [0.5, 0.6) is 0 Å². The molecule has 32 heavy (non-hydrogen) atoms. The van der Waals surface area contributed by atoms with Crippen LogP contribution in [0.3, 0.4) is 0 Å². The molecule has 4 rings (SSSR count). The van der Waals surface area contributed by atoms with E-state index in [1.807, 2.05) is 0 Å². The predicted molar refractivity (Wildman–Crippen MR) is 119 cm³/mol. The second-order valence-electron chi connectivity index (χ2n) is 8.12. The monoisotopic (exact) mass is 476 g/mol. The minimum absolute atomic E-state index is 0.159. The van der Waals surface area contributed by atoms with Gasteiger partial charge in [-0.25, -0.2) is 13.2 Å². The van der Waals surface area contributed by atoms with Crippen LogP contribution in [-0.4, -0.2) is 31.8 Å². The van der Waals surface area contributed by atoms with Crippen molar-refractivity contribution in [2.45, 2.75) is 48.4 Å². The highest BCUT2D eigenvalue weighted by Crippen LogP contribution is 2.35. The number of hydrogen-bond acceptors (Lipinski definition) is 6. The summed E-state index contributed by atoms with van der Waals surface area (Å²) in [5.41, 5.74) is 0.143. The second kappa shape index (κ2) is 8.55. The van der Waals surface area contributed by atoms with Crippen molar-refractivity contribution in [3.63, 3.8) is 0 Å². The van der Waals surface area contributed by atoms with Crippen molar-refractivity contribution in [2.75, 3.05) is 4.72 Å². The minimum Gasteiger partial charge on any atom is -0.349 e. The van der Waals surface area contributed by atoms with Crippen LogP contribution < -0.4 is 20.7 Å². The van der Waals surface area contributed by atoms with E-state index in [4.69, 9.17) is 0 Å². The zero-order valence-corrected chi connectivity index (χ0v) is 19.0. The van der Waals surface area contributed by atoms with Gasteiger partial charge in [0.15, 0.2) is 0 Å². The number of imide groups is 1. The van der Waals surface area contributed by atoms with Crippen molar-refractivity contribution in [3.8, 4) is 0 Å². The molecule has 2 aliphatic rings. The molecule has 0 bridgehead atoms. The number of hydrogen-bond donors (Lipinski definition) is 4. The quantitative estimate of drug-likeness (QED) is 0.476. The molecule has 1 aliphatic heterocycles. The molecule has 11 heteroatoms. The SMILES string of the molecule is CC(NC(=O)C1CCC2(CC1)NC(=O)NC2=O)c1ccccc1NS(=O)(=O)c1cccs1.